The summed E-state index contributed by atoms with van der Waals surface area (Å²) in [4.78, 5) is 12.9. The monoisotopic (exact) mass is 329 g/mol. The lowest BCUT2D eigenvalue weighted by Gasteiger charge is -2.13. The molecule has 0 aliphatic heterocycles. The first-order valence-electron chi connectivity index (χ1n) is 7.40. The highest BCUT2D eigenvalue weighted by atomic mass is 32.1. The third-order valence-corrected chi connectivity index (χ3v) is 4.63. The topological polar surface area (TPSA) is 66.3 Å². The molecule has 120 valence electrons. The zero-order valence-electron chi connectivity index (χ0n) is 12.8. The number of fused-ring (bicyclic) bond motifs is 1. The van der Waals surface area contributed by atoms with Crippen LogP contribution in [0.25, 0.3) is 10.9 Å². The maximum Gasteiger partial charge on any atom is 0.315 e. The van der Waals surface area contributed by atoms with Crippen molar-refractivity contribution in [3.05, 3.63) is 58.4 Å². The minimum absolute atomic E-state index is 0.175. The number of aryl methyl sites for hydroxylation is 1. The lowest BCUT2D eigenvalue weighted by Crippen LogP contribution is -2.37. The number of hydrogen-bond acceptors (Lipinski definition) is 3. The third kappa shape index (κ3) is 3.72. The number of benzene rings is 1. The van der Waals surface area contributed by atoms with Crippen LogP contribution in [-0.2, 0) is 13.6 Å². The number of urea groups is 1. The molecule has 3 rings (SSSR count). The molecule has 0 aliphatic carbocycles. The fourth-order valence-corrected chi connectivity index (χ4v) is 3.10. The van der Waals surface area contributed by atoms with Crippen LogP contribution in [-0.4, -0.2) is 22.2 Å². The molecule has 0 saturated heterocycles. The number of thiophene rings is 1. The number of carbonyl (C=O) groups is 1. The van der Waals surface area contributed by atoms with Crippen LogP contribution in [0.4, 0.5) is 4.79 Å². The second-order valence-electron chi connectivity index (χ2n) is 5.40. The van der Waals surface area contributed by atoms with Crippen LogP contribution in [0.2, 0.25) is 0 Å². The number of nitrogens with zero attached hydrogens (tertiary/aromatic N) is 1. The lowest BCUT2D eigenvalue weighted by atomic mass is 10.1. The SMILES string of the molecule is Cn1ccc2cc(C(O)CNC(=O)NCc3cccs3)ccc21. The van der Waals surface area contributed by atoms with E-state index in [1.54, 1.807) is 11.3 Å². The Hall–Kier alpha value is -2.31. The van der Waals surface area contributed by atoms with E-state index in [4.69, 9.17) is 0 Å². The fourth-order valence-electron chi connectivity index (χ4n) is 2.46. The molecule has 6 heteroatoms. The van der Waals surface area contributed by atoms with Gasteiger partial charge in [0.1, 0.15) is 0 Å². The fraction of sp³-hybridized carbons (Fsp3) is 0.235. The van der Waals surface area contributed by atoms with Crippen LogP contribution in [0.15, 0.2) is 48.0 Å². The minimum atomic E-state index is -0.730. The van der Waals surface area contributed by atoms with Crippen molar-refractivity contribution in [2.24, 2.45) is 7.05 Å². The van der Waals surface area contributed by atoms with Crippen LogP contribution in [0, 0.1) is 0 Å². The molecule has 0 spiro atoms. The highest BCUT2D eigenvalue weighted by Crippen LogP contribution is 2.20. The molecule has 1 atom stereocenters. The lowest BCUT2D eigenvalue weighted by molar-refractivity contribution is 0.173. The van der Waals surface area contributed by atoms with E-state index in [1.165, 1.54) is 0 Å². The highest BCUT2D eigenvalue weighted by molar-refractivity contribution is 7.09. The molecule has 2 aromatic heterocycles. The molecule has 2 amide bonds. The van der Waals surface area contributed by atoms with Gasteiger partial charge in [0.15, 0.2) is 0 Å². The zero-order chi connectivity index (χ0) is 16.2. The third-order valence-electron chi connectivity index (χ3n) is 3.75. The Labute approximate surface area is 138 Å². The quantitative estimate of drug-likeness (QED) is 0.674. The number of carbonyl (C=O) groups excluding carboxylic acids is 1. The average molecular weight is 329 g/mol. The van der Waals surface area contributed by atoms with Crippen LogP contribution in [0.5, 0.6) is 0 Å². The Morgan fingerprint density at radius 1 is 1.30 bits per heavy atom. The van der Waals surface area contributed by atoms with Gasteiger partial charge in [0, 0.05) is 30.2 Å². The second kappa shape index (κ2) is 6.85. The molecule has 0 saturated carbocycles. The summed E-state index contributed by atoms with van der Waals surface area (Å²) in [5.41, 5.74) is 1.91. The number of aliphatic hydroxyl groups is 1. The van der Waals surface area contributed by atoms with Crippen molar-refractivity contribution < 1.29 is 9.90 Å². The maximum atomic E-state index is 11.8. The minimum Gasteiger partial charge on any atom is -0.387 e. The summed E-state index contributed by atoms with van der Waals surface area (Å²) in [6.45, 7) is 0.671. The number of aromatic nitrogens is 1. The van der Waals surface area contributed by atoms with Gasteiger partial charge in [0.2, 0.25) is 0 Å². The van der Waals surface area contributed by atoms with Crippen molar-refractivity contribution in [1.82, 2.24) is 15.2 Å². The Balaban J connectivity index is 1.53. The molecular weight excluding hydrogens is 310 g/mol. The molecule has 0 radical (unpaired) electrons. The summed E-state index contributed by atoms with van der Waals surface area (Å²) in [6.07, 6.45) is 1.25. The van der Waals surface area contributed by atoms with E-state index in [2.05, 4.69) is 10.6 Å². The standard InChI is InChI=1S/C17H19N3O2S/c1-20-7-6-12-9-13(4-5-15(12)20)16(21)11-19-17(22)18-10-14-3-2-8-23-14/h2-9,16,21H,10-11H2,1H3,(H2,18,19,22). The van der Waals surface area contributed by atoms with Gasteiger partial charge in [0.05, 0.1) is 12.6 Å². The Morgan fingerprint density at radius 2 is 2.17 bits per heavy atom. The molecule has 1 aromatic carbocycles. The van der Waals surface area contributed by atoms with E-state index in [1.807, 2.05) is 59.6 Å². The van der Waals surface area contributed by atoms with Crippen LogP contribution in [0.3, 0.4) is 0 Å². The van der Waals surface area contributed by atoms with E-state index in [-0.39, 0.29) is 12.6 Å². The van der Waals surface area contributed by atoms with E-state index in [0.29, 0.717) is 6.54 Å². The number of hydrogen-bond donors (Lipinski definition) is 3. The van der Waals surface area contributed by atoms with Crippen molar-refractivity contribution >= 4 is 28.3 Å². The number of amides is 2. The van der Waals surface area contributed by atoms with Gasteiger partial charge < -0.3 is 20.3 Å². The summed E-state index contributed by atoms with van der Waals surface area (Å²) in [6, 6.07) is 11.5. The molecule has 0 bridgehead atoms. The first-order chi connectivity index (χ1) is 11.1. The van der Waals surface area contributed by atoms with Gasteiger partial charge in [-0.3, -0.25) is 0 Å². The first kappa shape index (κ1) is 15.6. The smallest absolute Gasteiger partial charge is 0.315 e. The van der Waals surface area contributed by atoms with Gasteiger partial charge in [-0.2, -0.15) is 0 Å². The van der Waals surface area contributed by atoms with E-state index < -0.39 is 6.10 Å². The largest absolute Gasteiger partial charge is 0.387 e. The Kier molecular flexibility index (Phi) is 4.64. The molecule has 3 aromatic rings. The van der Waals surface area contributed by atoms with Gasteiger partial charge >= 0.3 is 6.03 Å². The molecule has 5 nitrogen and oxygen atoms in total. The summed E-state index contributed by atoms with van der Waals surface area (Å²) in [5.74, 6) is 0. The van der Waals surface area contributed by atoms with Gasteiger partial charge in [-0.15, -0.1) is 11.3 Å². The maximum absolute atomic E-state index is 11.8. The number of aliphatic hydroxyl groups excluding tert-OH is 1. The van der Waals surface area contributed by atoms with Crippen molar-refractivity contribution in [2.75, 3.05) is 6.54 Å². The van der Waals surface area contributed by atoms with Gasteiger partial charge in [-0.1, -0.05) is 12.1 Å². The highest BCUT2D eigenvalue weighted by Gasteiger charge is 2.11. The molecule has 1 unspecified atom stereocenters. The van der Waals surface area contributed by atoms with Crippen molar-refractivity contribution in [2.45, 2.75) is 12.6 Å². The van der Waals surface area contributed by atoms with Gasteiger partial charge in [0.25, 0.3) is 0 Å². The number of rotatable bonds is 5. The van der Waals surface area contributed by atoms with E-state index in [9.17, 15) is 9.90 Å². The van der Waals surface area contributed by atoms with Crippen molar-refractivity contribution in [3.63, 3.8) is 0 Å². The summed E-state index contributed by atoms with van der Waals surface area (Å²) < 4.78 is 2.03. The predicted octanol–water partition coefficient (Wildman–Crippen LogP) is 2.77. The van der Waals surface area contributed by atoms with E-state index in [0.717, 1.165) is 21.3 Å². The summed E-state index contributed by atoms with van der Waals surface area (Å²) in [5, 5.41) is 18.8. The first-order valence-corrected chi connectivity index (χ1v) is 8.28. The zero-order valence-corrected chi connectivity index (χ0v) is 13.6. The van der Waals surface area contributed by atoms with Crippen LogP contribution >= 0.6 is 11.3 Å². The molecular formula is C17H19N3O2S. The van der Waals surface area contributed by atoms with Crippen molar-refractivity contribution in [1.29, 1.82) is 0 Å². The van der Waals surface area contributed by atoms with E-state index >= 15 is 0 Å². The number of nitrogens with one attached hydrogen (secondary N) is 2. The predicted molar refractivity (Wildman–Crippen MR) is 92.4 cm³/mol. The Morgan fingerprint density at radius 3 is 2.96 bits per heavy atom. The Bertz CT molecular complexity index is 795. The van der Waals surface area contributed by atoms with Crippen LogP contribution < -0.4 is 10.6 Å². The molecule has 2 heterocycles. The van der Waals surface area contributed by atoms with Gasteiger partial charge in [-0.05, 0) is 40.6 Å². The molecule has 3 N–H and O–H groups in total. The summed E-state index contributed by atoms with van der Waals surface area (Å²) >= 11 is 1.60. The van der Waals surface area contributed by atoms with Crippen LogP contribution in [0.1, 0.15) is 16.5 Å². The van der Waals surface area contributed by atoms with Crippen molar-refractivity contribution in [3.8, 4) is 0 Å². The molecule has 0 aliphatic rings. The normalized spacial score (nSPS) is 12.3. The summed E-state index contributed by atoms with van der Waals surface area (Å²) in [7, 11) is 1.98. The second-order valence-corrected chi connectivity index (χ2v) is 6.44. The average Bonchev–Trinajstić information content (AvgIpc) is 3.20. The molecule has 0 fully saturated rings. The van der Waals surface area contributed by atoms with Gasteiger partial charge in [-0.25, -0.2) is 4.79 Å². The molecule has 23 heavy (non-hydrogen) atoms.